The van der Waals surface area contributed by atoms with E-state index in [0.29, 0.717) is 17.6 Å². The Bertz CT molecular complexity index is 620. The van der Waals surface area contributed by atoms with Gasteiger partial charge in [0.25, 0.3) is 0 Å². The molecule has 3 rings (SSSR count). The van der Waals surface area contributed by atoms with Crippen molar-refractivity contribution >= 4 is 21.6 Å². The molecule has 2 aromatic carbocycles. The van der Waals surface area contributed by atoms with E-state index in [1.165, 1.54) is 11.6 Å². The fourth-order valence-corrected chi connectivity index (χ4v) is 3.15. The summed E-state index contributed by atoms with van der Waals surface area (Å²) in [5, 5.41) is 3.32. The molecule has 0 bridgehead atoms. The number of aryl methyl sites for hydroxylation is 1. The van der Waals surface area contributed by atoms with E-state index in [4.69, 9.17) is 0 Å². The van der Waals surface area contributed by atoms with Crippen LogP contribution in [0.25, 0.3) is 0 Å². The van der Waals surface area contributed by atoms with Crippen molar-refractivity contribution in [3.05, 3.63) is 63.9 Å². The van der Waals surface area contributed by atoms with Crippen LogP contribution in [0.2, 0.25) is 0 Å². The number of anilines is 1. The van der Waals surface area contributed by atoms with Crippen molar-refractivity contribution in [3.8, 4) is 0 Å². The summed E-state index contributed by atoms with van der Waals surface area (Å²) in [5.74, 6) is 0.416. The van der Waals surface area contributed by atoms with E-state index in [1.54, 1.807) is 6.07 Å². The highest BCUT2D eigenvalue weighted by molar-refractivity contribution is 9.10. The average molecular weight is 334 g/mol. The Hall–Kier alpha value is -1.35. The summed E-state index contributed by atoms with van der Waals surface area (Å²) < 4.78 is 14.8. The predicted molar refractivity (Wildman–Crippen MR) is 84.7 cm³/mol. The number of halogens is 2. The third-order valence-corrected chi connectivity index (χ3v) is 4.43. The summed E-state index contributed by atoms with van der Waals surface area (Å²) in [6.45, 7) is 1.98. The average Bonchev–Trinajstić information content (AvgIpc) is 2.37. The van der Waals surface area contributed by atoms with Crippen molar-refractivity contribution in [3.63, 3.8) is 0 Å². The van der Waals surface area contributed by atoms with Gasteiger partial charge >= 0.3 is 0 Å². The monoisotopic (exact) mass is 333 g/mol. The molecule has 0 spiro atoms. The largest absolute Gasteiger partial charge is 0.380 e. The van der Waals surface area contributed by atoms with Crippen LogP contribution in [0, 0.1) is 12.7 Å². The van der Waals surface area contributed by atoms with E-state index in [2.05, 4.69) is 39.4 Å². The molecule has 0 amide bonds. The van der Waals surface area contributed by atoms with E-state index >= 15 is 0 Å². The fourth-order valence-electron chi connectivity index (χ4n) is 2.74. The molecular weight excluding hydrogens is 317 g/mol. The van der Waals surface area contributed by atoms with Crippen LogP contribution in [0.1, 0.15) is 29.9 Å². The molecule has 1 saturated carbocycles. The minimum atomic E-state index is -0.165. The SMILES string of the molecule is Cc1ccc(F)c(NC2CC(c3cccc(Br)c3)C2)c1. The normalized spacial score (nSPS) is 21.4. The van der Waals surface area contributed by atoms with Gasteiger partial charge in [0.15, 0.2) is 0 Å². The van der Waals surface area contributed by atoms with Gasteiger partial charge in [-0.15, -0.1) is 0 Å². The maximum absolute atomic E-state index is 13.7. The first-order valence-electron chi connectivity index (χ1n) is 6.90. The molecule has 1 N–H and O–H groups in total. The Morgan fingerprint density at radius 1 is 1.15 bits per heavy atom. The van der Waals surface area contributed by atoms with Crippen molar-refractivity contribution in [1.82, 2.24) is 0 Å². The zero-order chi connectivity index (χ0) is 14.1. The first-order chi connectivity index (χ1) is 9.61. The minimum Gasteiger partial charge on any atom is -0.380 e. The smallest absolute Gasteiger partial charge is 0.146 e. The van der Waals surface area contributed by atoms with Crippen LogP contribution in [0.5, 0.6) is 0 Å². The second-order valence-electron chi connectivity index (χ2n) is 5.55. The topological polar surface area (TPSA) is 12.0 Å². The van der Waals surface area contributed by atoms with E-state index < -0.39 is 0 Å². The summed E-state index contributed by atoms with van der Waals surface area (Å²) in [5.41, 5.74) is 3.07. The van der Waals surface area contributed by atoms with Gasteiger partial charge in [-0.25, -0.2) is 4.39 Å². The maximum atomic E-state index is 13.7. The van der Waals surface area contributed by atoms with Gasteiger partial charge in [0.05, 0.1) is 5.69 Å². The zero-order valence-electron chi connectivity index (χ0n) is 11.4. The Balaban J connectivity index is 1.62. The maximum Gasteiger partial charge on any atom is 0.146 e. The molecule has 1 aliphatic carbocycles. The molecule has 104 valence electrons. The lowest BCUT2D eigenvalue weighted by atomic mass is 9.76. The van der Waals surface area contributed by atoms with E-state index in [0.717, 1.165) is 22.9 Å². The Labute approximate surface area is 127 Å². The Morgan fingerprint density at radius 3 is 2.70 bits per heavy atom. The summed E-state index contributed by atoms with van der Waals surface area (Å²) in [6, 6.07) is 14.0. The first kappa shape index (κ1) is 13.6. The Kier molecular flexibility index (Phi) is 3.79. The van der Waals surface area contributed by atoms with E-state index in [1.807, 2.05) is 19.1 Å². The molecule has 1 fully saturated rings. The lowest BCUT2D eigenvalue weighted by molar-refractivity contribution is 0.373. The molecule has 20 heavy (non-hydrogen) atoms. The van der Waals surface area contributed by atoms with Crippen LogP contribution in [0.3, 0.4) is 0 Å². The fraction of sp³-hybridized carbons (Fsp3) is 0.294. The minimum absolute atomic E-state index is 0.165. The van der Waals surface area contributed by atoms with Gasteiger partial charge in [-0.3, -0.25) is 0 Å². The molecule has 1 nitrogen and oxygen atoms in total. The van der Waals surface area contributed by atoms with Crippen molar-refractivity contribution in [2.24, 2.45) is 0 Å². The van der Waals surface area contributed by atoms with Gasteiger partial charge in [0.2, 0.25) is 0 Å². The number of benzene rings is 2. The Morgan fingerprint density at radius 2 is 1.95 bits per heavy atom. The summed E-state index contributed by atoms with van der Waals surface area (Å²) >= 11 is 3.50. The molecule has 0 saturated heterocycles. The number of rotatable bonds is 3. The zero-order valence-corrected chi connectivity index (χ0v) is 13.0. The standard InChI is InChI=1S/C17H17BrFN/c1-11-5-6-16(19)17(7-11)20-15-9-13(10-15)12-3-2-4-14(18)8-12/h2-8,13,15,20H,9-10H2,1H3. The van der Waals surface area contributed by atoms with Crippen molar-refractivity contribution in [2.75, 3.05) is 5.32 Å². The third kappa shape index (κ3) is 2.88. The molecule has 2 aromatic rings. The molecule has 0 radical (unpaired) electrons. The van der Waals surface area contributed by atoms with Gasteiger partial charge in [-0.05, 0) is 61.1 Å². The summed E-state index contributed by atoms with van der Waals surface area (Å²) in [6.07, 6.45) is 2.12. The highest BCUT2D eigenvalue weighted by Gasteiger charge is 2.30. The van der Waals surface area contributed by atoms with Gasteiger partial charge in [-0.2, -0.15) is 0 Å². The summed E-state index contributed by atoms with van der Waals surface area (Å²) in [4.78, 5) is 0. The molecule has 3 heteroatoms. The van der Waals surface area contributed by atoms with E-state index in [9.17, 15) is 4.39 Å². The first-order valence-corrected chi connectivity index (χ1v) is 7.69. The second-order valence-corrected chi connectivity index (χ2v) is 6.46. The number of hydrogen-bond donors (Lipinski definition) is 1. The van der Waals surface area contributed by atoms with Gasteiger partial charge in [0.1, 0.15) is 5.82 Å². The number of nitrogens with one attached hydrogen (secondary N) is 1. The molecule has 0 aromatic heterocycles. The van der Waals surface area contributed by atoms with Gasteiger partial charge in [-0.1, -0.05) is 34.1 Å². The molecule has 0 unspecified atom stereocenters. The van der Waals surface area contributed by atoms with Crippen LogP contribution in [-0.2, 0) is 0 Å². The van der Waals surface area contributed by atoms with Crippen LogP contribution >= 0.6 is 15.9 Å². The van der Waals surface area contributed by atoms with Crippen molar-refractivity contribution < 1.29 is 4.39 Å². The highest BCUT2D eigenvalue weighted by atomic mass is 79.9. The molecule has 1 aliphatic rings. The predicted octanol–water partition coefficient (Wildman–Crippen LogP) is 5.25. The quantitative estimate of drug-likeness (QED) is 0.808. The van der Waals surface area contributed by atoms with E-state index in [-0.39, 0.29) is 5.82 Å². The van der Waals surface area contributed by atoms with Crippen LogP contribution in [0.15, 0.2) is 46.9 Å². The highest BCUT2D eigenvalue weighted by Crippen LogP contribution is 2.39. The molecular formula is C17H17BrFN. The third-order valence-electron chi connectivity index (χ3n) is 3.94. The lowest BCUT2D eigenvalue weighted by Crippen LogP contribution is -2.34. The van der Waals surface area contributed by atoms with Gasteiger partial charge < -0.3 is 5.32 Å². The lowest BCUT2D eigenvalue weighted by Gasteiger charge is -2.37. The van der Waals surface area contributed by atoms with Crippen LogP contribution in [-0.4, -0.2) is 6.04 Å². The molecule has 0 atom stereocenters. The second kappa shape index (κ2) is 5.57. The molecule has 0 aliphatic heterocycles. The van der Waals surface area contributed by atoms with Crippen molar-refractivity contribution in [1.29, 1.82) is 0 Å². The van der Waals surface area contributed by atoms with Crippen LogP contribution in [0.4, 0.5) is 10.1 Å². The van der Waals surface area contributed by atoms with Crippen LogP contribution < -0.4 is 5.32 Å². The molecule has 0 heterocycles. The number of hydrogen-bond acceptors (Lipinski definition) is 1. The van der Waals surface area contributed by atoms with Gasteiger partial charge in [0, 0.05) is 10.5 Å². The van der Waals surface area contributed by atoms with Crippen molar-refractivity contribution in [2.45, 2.75) is 31.7 Å². The summed E-state index contributed by atoms with van der Waals surface area (Å²) in [7, 11) is 0.